The fourth-order valence-electron chi connectivity index (χ4n) is 0.962. The number of methoxy groups -OCH3 is 1. The Morgan fingerprint density at radius 2 is 1.85 bits per heavy atom. The number of hydrogen-bond donors (Lipinski definition) is 0. The van der Waals surface area contributed by atoms with Crippen LogP contribution >= 0.6 is 0 Å². The Morgan fingerprint density at radius 1 is 1.23 bits per heavy atom. The summed E-state index contributed by atoms with van der Waals surface area (Å²) in [7, 11) is 1.66. The average Bonchev–Trinajstić information content (AvgIpc) is 2.17. The molecule has 0 fully saturated rings. The van der Waals surface area contributed by atoms with Crippen molar-refractivity contribution in [3.05, 3.63) is 47.8 Å². The Balaban J connectivity index is 4.89. The molecule has 0 atom stereocenters. The summed E-state index contributed by atoms with van der Waals surface area (Å²) in [6.07, 6.45) is 7.82. The molecular weight excluding hydrogens is 160 g/mol. The summed E-state index contributed by atoms with van der Waals surface area (Å²) < 4.78 is 5.19. The van der Waals surface area contributed by atoms with Crippen LogP contribution in [0.4, 0.5) is 0 Å². The quantitative estimate of drug-likeness (QED) is 0.472. The summed E-state index contributed by atoms with van der Waals surface area (Å²) in [4.78, 5) is 0. The predicted octanol–water partition coefficient (Wildman–Crippen LogP) is 3.62. The molecule has 0 radical (unpaired) electrons. The first-order valence-electron chi connectivity index (χ1n) is 4.37. The van der Waals surface area contributed by atoms with Crippen LogP contribution in [0.3, 0.4) is 0 Å². The standard InChI is InChI=1S/C12H18O/c1-6-10(4)9-11(7-2)12(8-3)13-5/h6-9H,2H2,1,3-5H3/b10-6-,11-9-,12-8+. The van der Waals surface area contributed by atoms with Gasteiger partial charge in [-0.2, -0.15) is 0 Å². The highest BCUT2D eigenvalue weighted by atomic mass is 16.5. The summed E-state index contributed by atoms with van der Waals surface area (Å²) in [5, 5.41) is 0. The first-order chi connectivity index (χ1) is 6.19. The molecule has 0 aliphatic rings. The zero-order chi connectivity index (χ0) is 10.3. The zero-order valence-electron chi connectivity index (χ0n) is 8.92. The van der Waals surface area contributed by atoms with E-state index in [1.54, 1.807) is 13.2 Å². The highest BCUT2D eigenvalue weighted by molar-refractivity contribution is 5.39. The molecule has 1 nitrogen and oxygen atoms in total. The molecule has 0 aliphatic heterocycles. The van der Waals surface area contributed by atoms with Crippen molar-refractivity contribution in [2.75, 3.05) is 7.11 Å². The van der Waals surface area contributed by atoms with E-state index in [9.17, 15) is 0 Å². The third-order valence-electron chi connectivity index (χ3n) is 1.83. The summed E-state index contributed by atoms with van der Waals surface area (Å²) in [6.45, 7) is 9.75. The van der Waals surface area contributed by atoms with Crippen LogP contribution in [0.2, 0.25) is 0 Å². The van der Waals surface area contributed by atoms with Gasteiger partial charge in [0.05, 0.1) is 7.11 Å². The van der Waals surface area contributed by atoms with Crippen molar-refractivity contribution in [2.45, 2.75) is 20.8 Å². The highest BCUT2D eigenvalue weighted by Gasteiger charge is 1.98. The lowest BCUT2D eigenvalue weighted by atomic mass is 10.1. The van der Waals surface area contributed by atoms with E-state index in [-0.39, 0.29) is 0 Å². The van der Waals surface area contributed by atoms with Gasteiger partial charge >= 0.3 is 0 Å². The van der Waals surface area contributed by atoms with Crippen LogP contribution in [0.5, 0.6) is 0 Å². The van der Waals surface area contributed by atoms with E-state index in [1.165, 1.54) is 5.57 Å². The maximum absolute atomic E-state index is 5.19. The van der Waals surface area contributed by atoms with E-state index in [0.717, 1.165) is 11.3 Å². The van der Waals surface area contributed by atoms with Gasteiger partial charge < -0.3 is 4.74 Å². The van der Waals surface area contributed by atoms with Crippen molar-refractivity contribution in [3.63, 3.8) is 0 Å². The van der Waals surface area contributed by atoms with Crippen LogP contribution in [0.1, 0.15) is 20.8 Å². The smallest absolute Gasteiger partial charge is 0.121 e. The first-order valence-corrected chi connectivity index (χ1v) is 4.37. The summed E-state index contributed by atoms with van der Waals surface area (Å²) in [5.41, 5.74) is 2.21. The molecule has 0 rings (SSSR count). The second-order valence-electron chi connectivity index (χ2n) is 2.69. The number of ether oxygens (including phenoxy) is 1. The van der Waals surface area contributed by atoms with Crippen molar-refractivity contribution in [3.8, 4) is 0 Å². The van der Waals surface area contributed by atoms with Gasteiger partial charge in [0.2, 0.25) is 0 Å². The Bertz CT molecular complexity index is 254. The number of hydrogen-bond acceptors (Lipinski definition) is 1. The van der Waals surface area contributed by atoms with E-state index < -0.39 is 0 Å². The van der Waals surface area contributed by atoms with E-state index in [1.807, 2.05) is 39.0 Å². The molecule has 0 heterocycles. The lowest BCUT2D eigenvalue weighted by Gasteiger charge is -2.06. The molecule has 0 aromatic heterocycles. The molecular formula is C12H18O. The Kier molecular flexibility index (Phi) is 5.69. The van der Waals surface area contributed by atoms with Crippen molar-refractivity contribution >= 4 is 0 Å². The molecule has 0 aromatic rings. The summed E-state index contributed by atoms with van der Waals surface area (Å²) in [6, 6.07) is 0. The molecule has 0 aromatic carbocycles. The molecule has 1 heteroatoms. The molecule has 0 unspecified atom stereocenters. The highest BCUT2D eigenvalue weighted by Crippen LogP contribution is 2.14. The lowest BCUT2D eigenvalue weighted by Crippen LogP contribution is -1.89. The second-order valence-corrected chi connectivity index (χ2v) is 2.69. The van der Waals surface area contributed by atoms with Crippen LogP contribution < -0.4 is 0 Å². The number of rotatable bonds is 4. The fraction of sp³-hybridized carbons (Fsp3) is 0.333. The maximum Gasteiger partial charge on any atom is 0.121 e. The summed E-state index contributed by atoms with van der Waals surface area (Å²) in [5.74, 6) is 0.858. The third-order valence-corrected chi connectivity index (χ3v) is 1.83. The Labute approximate surface area is 81.1 Å². The largest absolute Gasteiger partial charge is 0.496 e. The Hall–Kier alpha value is -1.24. The van der Waals surface area contributed by atoms with Crippen molar-refractivity contribution in [1.82, 2.24) is 0 Å². The van der Waals surface area contributed by atoms with Crippen LogP contribution in [0, 0.1) is 0 Å². The van der Waals surface area contributed by atoms with Crippen LogP contribution in [0.25, 0.3) is 0 Å². The van der Waals surface area contributed by atoms with Crippen LogP contribution in [0.15, 0.2) is 47.8 Å². The molecule has 13 heavy (non-hydrogen) atoms. The van der Waals surface area contributed by atoms with E-state index in [2.05, 4.69) is 6.58 Å². The SMILES string of the molecule is C=CC(=C/C(C)=C\C)/C(=C\C)OC. The van der Waals surface area contributed by atoms with Gasteiger partial charge in [0.15, 0.2) is 0 Å². The molecule has 0 aliphatic carbocycles. The average molecular weight is 178 g/mol. The van der Waals surface area contributed by atoms with Gasteiger partial charge in [0.25, 0.3) is 0 Å². The van der Waals surface area contributed by atoms with Crippen molar-refractivity contribution < 1.29 is 4.74 Å². The molecule has 0 spiro atoms. The molecule has 0 saturated carbocycles. The van der Waals surface area contributed by atoms with E-state index in [0.29, 0.717) is 0 Å². The predicted molar refractivity (Wildman–Crippen MR) is 58.5 cm³/mol. The van der Waals surface area contributed by atoms with E-state index in [4.69, 9.17) is 4.74 Å². The van der Waals surface area contributed by atoms with Crippen LogP contribution in [-0.4, -0.2) is 7.11 Å². The Morgan fingerprint density at radius 3 is 2.15 bits per heavy atom. The molecule has 72 valence electrons. The van der Waals surface area contributed by atoms with Crippen LogP contribution in [-0.2, 0) is 4.74 Å². The van der Waals surface area contributed by atoms with Gasteiger partial charge in [-0.1, -0.05) is 24.3 Å². The third kappa shape index (κ3) is 3.79. The zero-order valence-corrected chi connectivity index (χ0v) is 8.92. The van der Waals surface area contributed by atoms with Gasteiger partial charge in [-0.15, -0.1) is 0 Å². The minimum atomic E-state index is 0.858. The van der Waals surface area contributed by atoms with Crippen molar-refractivity contribution in [1.29, 1.82) is 0 Å². The van der Waals surface area contributed by atoms with Gasteiger partial charge in [-0.25, -0.2) is 0 Å². The molecule has 0 bridgehead atoms. The minimum absolute atomic E-state index is 0.858. The fourth-order valence-corrected chi connectivity index (χ4v) is 0.962. The first kappa shape index (κ1) is 11.8. The van der Waals surface area contributed by atoms with Gasteiger partial charge in [-0.05, 0) is 32.9 Å². The topological polar surface area (TPSA) is 9.23 Å². The lowest BCUT2D eigenvalue weighted by molar-refractivity contribution is 0.302. The van der Waals surface area contributed by atoms with E-state index >= 15 is 0 Å². The van der Waals surface area contributed by atoms with Gasteiger partial charge in [-0.3, -0.25) is 0 Å². The van der Waals surface area contributed by atoms with Gasteiger partial charge in [0, 0.05) is 5.57 Å². The molecule has 0 N–H and O–H groups in total. The minimum Gasteiger partial charge on any atom is -0.496 e. The van der Waals surface area contributed by atoms with Gasteiger partial charge in [0.1, 0.15) is 5.76 Å². The molecule has 0 amide bonds. The normalized spacial score (nSPS) is 14.3. The monoisotopic (exact) mass is 178 g/mol. The maximum atomic E-state index is 5.19. The molecule has 0 saturated heterocycles. The van der Waals surface area contributed by atoms with Crippen molar-refractivity contribution in [2.24, 2.45) is 0 Å². The summed E-state index contributed by atoms with van der Waals surface area (Å²) >= 11 is 0. The number of allylic oxidation sites excluding steroid dienone is 5. The second kappa shape index (κ2) is 6.30.